The predicted octanol–water partition coefficient (Wildman–Crippen LogP) is 3.82. The van der Waals surface area contributed by atoms with Crippen molar-refractivity contribution >= 4 is 17.4 Å². The first kappa shape index (κ1) is 16.0. The Bertz CT molecular complexity index is 806. The lowest BCUT2D eigenvalue weighted by Crippen LogP contribution is -1.99. The van der Waals surface area contributed by atoms with Crippen molar-refractivity contribution in [1.29, 1.82) is 0 Å². The molecular formula is C16H13N3O4S. The average Bonchev–Trinajstić information content (AvgIpc) is 3.09. The van der Waals surface area contributed by atoms with Crippen LogP contribution < -0.4 is 4.74 Å². The average molecular weight is 343 g/mol. The van der Waals surface area contributed by atoms with Gasteiger partial charge < -0.3 is 9.15 Å². The molecule has 0 saturated heterocycles. The van der Waals surface area contributed by atoms with Crippen LogP contribution in [0.15, 0.2) is 64.2 Å². The van der Waals surface area contributed by atoms with Gasteiger partial charge in [0.25, 0.3) is 10.9 Å². The number of ether oxygens (including phenoxy) is 1. The fourth-order valence-corrected chi connectivity index (χ4v) is 2.49. The Balaban J connectivity index is 1.52. The fraction of sp³-hybridized carbons (Fsp3) is 0.125. The molecule has 0 aliphatic rings. The molecule has 0 unspecified atom stereocenters. The van der Waals surface area contributed by atoms with E-state index in [9.17, 15) is 10.1 Å². The van der Waals surface area contributed by atoms with Gasteiger partial charge in [-0.2, -0.15) is 0 Å². The first-order valence-corrected chi connectivity index (χ1v) is 8.10. The molecule has 24 heavy (non-hydrogen) atoms. The summed E-state index contributed by atoms with van der Waals surface area (Å²) in [6, 6.07) is 15.5. The highest BCUT2D eigenvalue weighted by molar-refractivity contribution is 7.99. The highest BCUT2D eigenvalue weighted by Gasteiger charge is 2.11. The van der Waals surface area contributed by atoms with Gasteiger partial charge in [0, 0.05) is 23.4 Å². The molecule has 0 saturated carbocycles. The summed E-state index contributed by atoms with van der Waals surface area (Å²) in [5.74, 6) is 1.81. The minimum absolute atomic E-state index is 0.0194. The van der Waals surface area contributed by atoms with E-state index < -0.39 is 4.92 Å². The fourth-order valence-electron chi connectivity index (χ4n) is 1.92. The summed E-state index contributed by atoms with van der Waals surface area (Å²) < 4.78 is 11.1. The van der Waals surface area contributed by atoms with Crippen molar-refractivity contribution in [3.05, 3.63) is 64.7 Å². The molecule has 0 bridgehead atoms. The Morgan fingerprint density at radius 2 is 1.83 bits per heavy atom. The molecule has 8 heteroatoms. The van der Waals surface area contributed by atoms with Crippen LogP contribution in [0.1, 0.15) is 0 Å². The smallest absolute Gasteiger partial charge is 0.276 e. The van der Waals surface area contributed by atoms with Crippen LogP contribution in [0.5, 0.6) is 5.75 Å². The van der Waals surface area contributed by atoms with Crippen LogP contribution in [-0.2, 0) is 0 Å². The minimum Gasteiger partial charge on any atom is -0.493 e. The van der Waals surface area contributed by atoms with E-state index >= 15 is 0 Å². The molecule has 2 aromatic carbocycles. The molecule has 0 fully saturated rings. The number of aromatic nitrogens is 2. The van der Waals surface area contributed by atoms with Crippen molar-refractivity contribution in [2.24, 2.45) is 0 Å². The predicted molar refractivity (Wildman–Crippen MR) is 89.0 cm³/mol. The van der Waals surface area contributed by atoms with Gasteiger partial charge >= 0.3 is 0 Å². The normalized spacial score (nSPS) is 10.5. The number of nitrogens with zero attached hydrogens (tertiary/aromatic N) is 3. The zero-order valence-electron chi connectivity index (χ0n) is 12.5. The molecule has 1 heterocycles. The quantitative estimate of drug-likeness (QED) is 0.279. The van der Waals surface area contributed by atoms with Gasteiger partial charge in [0.1, 0.15) is 5.75 Å². The number of hydrogen-bond acceptors (Lipinski definition) is 7. The van der Waals surface area contributed by atoms with Crippen LogP contribution in [-0.4, -0.2) is 27.5 Å². The number of para-hydroxylation sites is 1. The van der Waals surface area contributed by atoms with Crippen molar-refractivity contribution in [3.63, 3.8) is 0 Å². The molecule has 7 nitrogen and oxygen atoms in total. The van der Waals surface area contributed by atoms with Gasteiger partial charge in [-0.3, -0.25) is 10.1 Å². The van der Waals surface area contributed by atoms with E-state index in [1.165, 1.54) is 23.9 Å². The van der Waals surface area contributed by atoms with Crippen molar-refractivity contribution in [2.75, 3.05) is 12.4 Å². The molecule has 122 valence electrons. The van der Waals surface area contributed by atoms with E-state index in [1.807, 2.05) is 30.3 Å². The summed E-state index contributed by atoms with van der Waals surface area (Å²) in [5.41, 5.74) is 0.659. The third-order valence-corrected chi connectivity index (χ3v) is 3.84. The highest BCUT2D eigenvalue weighted by atomic mass is 32.2. The first-order valence-electron chi connectivity index (χ1n) is 7.11. The second-order valence-corrected chi connectivity index (χ2v) is 5.73. The van der Waals surface area contributed by atoms with E-state index in [0.29, 0.717) is 29.0 Å². The van der Waals surface area contributed by atoms with Crippen molar-refractivity contribution in [3.8, 4) is 17.2 Å². The third kappa shape index (κ3) is 4.11. The van der Waals surface area contributed by atoms with E-state index in [0.717, 1.165) is 5.75 Å². The van der Waals surface area contributed by atoms with Crippen LogP contribution in [0.4, 0.5) is 5.69 Å². The molecule has 0 amide bonds. The van der Waals surface area contributed by atoms with Crippen LogP contribution >= 0.6 is 11.8 Å². The highest BCUT2D eigenvalue weighted by Crippen LogP contribution is 2.24. The zero-order valence-corrected chi connectivity index (χ0v) is 13.3. The molecule has 0 aliphatic carbocycles. The van der Waals surface area contributed by atoms with Crippen molar-refractivity contribution in [1.82, 2.24) is 10.2 Å². The molecule has 0 spiro atoms. The molecule has 3 aromatic rings. The lowest BCUT2D eigenvalue weighted by atomic mass is 10.2. The number of non-ortho nitro benzene ring substituents is 1. The maximum atomic E-state index is 10.6. The van der Waals surface area contributed by atoms with Crippen LogP contribution in [0.25, 0.3) is 11.5 Å². The number of nitro benzene ring substituents is 1. The topological polar surface area (TPSA) is 91.3 Å². The number of nitro groups is 1. The molecule has 1 aromatic heterocycles. The number of rotatable bonds is 7. The Morgan fingerprint density at radius 3 is 2.54 bits per heavy atom. The van der Waals surface area contributed by atoms with Crippen molar-refractivity contribution < 1.29 is 14.1 Å². The Labute approximate surface area is 141 Å². The van der Waals surface area contributed by atoms with Gasteiger partial charge in [0.2, 0.25) is 5.89 Å². The summed E-state index contributed by atoms with van der Waals surface area (Å²) in [5, 5.41) is 19.0. The number of thioether (sulfide) groups is 1. The Kier molecular flexibility index (Phi) is 5.07. The van der Waals surface area contributed by atoms with Crippen LogP contribution in [0.2, 0.25) is 0 Å². The van der Waals surface area contributed by atoms with E-state index in [4.69, 9.17) is 9.15 Å². The van der Waals surface area contributed by atoms with Crippen molar-refractivity contribution in [2.45, 2.75) is 5.22 Å². The van der Waals surface area contributed by atoms with Crippen LogP contribution in [0, 0.1) is 10.1 Å². The Morgan fingerprint density at radius 1 is 1.08 bits per heavy atom. The Hall–Kier alpha value is -2.87. The van der Waals surface area contributed by atoms with E-state index in [1.54, 1.807) is 12.1 Å². The minimum atomic E-state index is -0.453. The second kappa shape index (κ2) is 7.60. The van der Waals surface area contributed by atoms with E-state index in [-0.39, 0.29) is 5.69 Å². The lowest BCUT2D eigenvalue weighted by Gasteiger charge is -2.03. The lowest BCUT2D eigenvalue weighted by molar-refractivity contribution is -0.384. The third-order valence-electron chi connectivity index (χ3n) is 3.05. The largest absolute Gasteiger partial charge is 0.493 e. The molecule has 0 atom stereocenters. The first-order chi connectivity index (χ1) is 11.7. The van der Waals surface area contributed by atoms with E-state index in [2.05, 4.69) is 10.2 Å². The molecular weight excluding hydrogens is 330 g/mol. The number of hydrogen-bond donors (Lipinski definition) is 0. The van der Waals surface area contributed by atoms with Gasteiger partial charge in [0.15, 0.2) is 0 Å². The summed E-state index contributed by atoms with van der Waals surface area (Å²) in [4.78, 5) is 10.2. The van der Waals surface area contributed by atoms with Gasteiger partial charge in [-0.05, 0) is 24.3 Å². The molecule has 0 radical (unpaired) electrons. The van der Waals surface area contributed by atoms with Gasteiger partial charge in [-0.15, -0.1) is 10.2 Å². The molecule has 0 aliphatic heterocycles. The number of benzene rings is 2. The summed E-state index contributed by atoms with van der Waals surface area (Å²) >= 11 is 1.39. The van der Waals surface area contributed by atoms with Crippen LogP contribution in [0.3, 0.4) is 0 Å². The zero-order chi connectivity index (χ0) is 16.8. The van der Waals surface area contributed by atoms with Gasteiger partial charge in [-0.1, -0.05) is 30.0 Å². The maximum absolute atomic E-state index is 10.6. The van der Waals surface area contributed by atoms with Gasteiger partial charge in [0.05, 0.1) is 11.5 Å². The summed E-state index contributed by atoms with van der Waals surface area (Å²) in [7, 11) is 0. The standard InChI is InChI=1S/C16H13N3O4S/c20-19(21)13-8-6-12(7-9-13)15-17-18-16(23-15)24-11-10-22-14-4-2-1-3-5-14/h1-9H,10-11H2. The summed E-state index contributed by atoms with van der Waals surface area (Å²) in [6.07, 6.45) is 0. The SMILES string of the molecule is O=[N+]([O-])c1ccc(-c2nnc(SCCOc3ccccc3)o2)cc1. The molecule has 3 rings (SSSR count). The maximum Gasteiger partial charge on any atom is 0.276 e. The second-order valence-electron chi connectivity index (χ2n) is 4.69. The molecule has 0 N–H and O–H groups in total. The summed E-state index contributed by atoms with van der Waals surface area (Å²) in [6.45, 7) is 0.518. The monoisotopic (exact) mass is 343 g/mol. The van der Waals surface area contributed by atoms with Gasteiger partial charge in [-0.25, -0.2) is 0 Å².